The molecule has 104 valence electrons. The highest BCUT2D eigenvalue weighted by molar-refractivity contribution is 5.45. The Morgan fingerprint density at radius 1 is 1.20 bits per heavy atom. The summed E-state index contributed by atoms with van der Waals surface area (Å²) in [6, 6.07) is 8.19. The van der Waals surface area contributed by atoms with Crippen LogP contribution in [-0.2, 0) is 0 Å². The Kier molecular flexibility index (Phi) is 3.24. The maximum atomic E-state index is 5.62. The average molecular weight is 273 g/mol. The van der Waals surface area contributed by atoms with Gasteiger partial charge in [-0.3, -0.25) is 0 Å². The molecule has 0 radical (unpaired) electrons. The number of fused-ring (bicyclic) bond motifs is 1. The number of para-hydroxylation sites is 1. The summed E-state index contributed by atoms with van der Waals surface area (Å²) >= 11 is 0. The molecule has 1 aliphatic heterocycles. The van der Waals surface area contributed by atoms with Crippen molar-refractivity contribution in [1.82, 2.24) is 15.0 Å². The summed E-state index contributed by atoms with van der Waals surface area (Å²) in [5.41, 5.74) is 1.10. The van der Waals surface area contributed by atoms with E-state index in [0.717, 1.165) is 11.3 Å². The molecule has 3 rings (SSSR count). The van der Waals surface area contributed by atoms with Crippen LogP contribution in [0.25, 0.3) is 0 Å². The predicted octanol–water partition coefficient (Wildman–Crippen LogP) is 1.47. The Hall–Kier alpha value is -2.57. The molecular formula is C13H15N5O2. The lowest BCUT2D eigenvalue weighted by molar-refractivity contribution is 0.339. The van der Waals surface area contributed by atoms with Crippen LogP contribution in [0.1, 0.15) is 11.6 Å². The van der Waals surface area contributed by atoms with E-state index < -0.39 is 0 Å². The molecule has 2 aromatic rings. The van der Waals surface area contributed by atoms with E-state index in [1.54, 1.807) is 7.05 Å². The Bertz CT molecular complexity index is 597. The van der Waals surface area contributed by atoms with E-state index in [1.807, 2.05) is 24.3 Å². The molecule has 0 saturated carbocycles. The van der Waals surface area contributed by atoms with Gasteiger partial charge >= 0.3 is 6.01 Å². The van der Waals surface area contributed by atoms with Gasteiger partial charge in [-0.25, -0.2) is 0 Å². The van der Waals surface area contributed by atoms with Gasteiger partial charge in [-0.15, -0.1) is 0 Å². The van der Waals surface area contributed by atoms with Crippen LogP contribution in [0.15, 0.2) is 24.3 Å². The lowest BCUT2D eigenvalue weighted by Gasteiger charge is -2.12. The standard InChI is InChI=1S/C13H15N5O2/c1-14-11-16-12(18-13(17-11)19-2)15-9-7-20-10-6-4-3-5-8(9)10/h3-6,9H,7H2,1-2H3,(H2,14,15,16,17,18). The number of anilines is 2. The average Bonchev–Trinajstić information content (AvgIpc) is 2.90. The van der Waals surface area contributed by atoms with Crippen molar-refractivity contribution in [2.75, 3.05) is 31.4 Å². The Labute approximate surface area is 116 Å². The van der Waals surface area contributed by atoms with Gasteiger partial charge in [0, 0.05) is 12.6 Å². The first-order chi connectivity index (χ1) is 9.80. The Balaban J connectivity index is 1.85. The highest BCUT2D eigenvalue weighted by atomic mass is 16.5. The van der Waals surface area contributed by atoms with Gasteiger partial charge in [0.2, 0.25) is 11.9 Å². The molecule has 2 heterocycles. The van der Waals surface area contributed by atoms with Crippen LogP contribution in [0.4, 0.5) is 11.9 Å². The fourth-order valence-corrected chi connectivity index (χ4v) is 2.06. The quantitative estimate of drug-likeness (QED) is 0.872. The van der Waals surface area contributed by atoms with Crippen molar-refractivity contribution in [2.24, 2.45) is 0 Å². The number of methoxy groups -OCH3 is 1. The Morgan fingerprint density at radius 2 is 2.00 bits per heavy atom. The van der Waals surface area contributed by atoms with Gasteiger partial charge < -0.3 is 20.1 Å². The van der Waals surface area contributed by atoms with Crippen molar-refractivity contribution in [1.29, 1.82) is 0 Å². The van der Waals surface area contributed by atoms with Gasteiger partial charge in [-0.2, -0.15) is 15.0 Å². The van der Waals surface area contributed by atoms with Gasteiger partial charge in [0.05, 0.1) is 13.2 Å². The molecule has 1 aromatic carbocycles. The zero-order chi connectivity index (χ0) is 13.9. The second kappa shape index (κ2) is 5.20. The molecule has 7 nitrogen and oxygen atoms in total. The molecule has 0 bridgehead atoms. The Morgan fingerprint density at radius 3 is 2.80 bits per heavy atom. The molecule has 2 N–H and O–H groups in total. The molecule has 0 saturated heterocycles. The van der Waals surface area contributed by atoms with Gasteiger partial charge in [-0.05, 0) is 6.07 Å². The van der Waals surface area contributed by atoms with Crippen molar-refractivity contribution >= 4 is 11.9 Å². The number of hydrogen-bond acceptors (Lipinski definition) is 7. The molecule has 1 atom stereocenters. The number of ether oxygens (including phenoxy) is 2. The molecule has 0 amide bonds. The third kappa shape index (κ3) is 2.29. The van der Waals surface area contributed by atoms with Crippen molar-refractivity contribution in [2.45, 2.75) is 6.04 Å². The highest BCUT2D eigenvalue weighted by Gasteiger charge is 2.24. The molecule has 1 aromatic heterocycles. The number of aromatic nitrogens is 3. The van der Waals surface area contributed by atoms with Crippen LogP contribution in [-0.4, -0.2) is 35.7 Å². The van der Waals surface area contributed by atoms with E-state index in [2.05, 4.69) is 25.6 Å². The first kappa shape index (κ1) is 12.5. The summed E-state index contributed by atoms with van der Waals surface area (Å²) < 4.78 is 10.7. The predicted molar refractivity (Wildman–Crippen MR) is 74.2 cm³/mol. The van der Waals surface area contributed by atoms with Gasteiger partial charge in [-0.1, -0.05) is 18.2 Å². The number of nitrogens with one attached hydrogen (secondary N) is 2. The minimum Gasteiger partial charge on any atom is -0.491 e. The number of rotatable bonds is 4. The van der Waals surface area contributed by atoms with Gasteiger partial charge in [0.25, 0.3) is 0 Å². The second-order valence-corrected chi connectivity index (χ2v) is 4.27. The molecule has 7 heteroatoms. The monoisotopic (exact) mass is 273 g/mol. The van der Waals surface area contributed by atoms with E-state index in [4.69, 9.17) is 9.47 Å². The van der Waals surface area contributed by atoms with Crippen molar-refractivity contribution < 1.29 is 9.47 Å². The number of hydrogen-bond donors (Lipinski definition) is 2. The largest absolute Gasteiger partial charge is 0.491 e. The van der Waals surface area contributed by atoms with Crippen molar-refractivity contribution in [3.05, 3.63) is 29.8 Å². The minimum absolute atomic E-state index is 0.0167. The number of nitrogens with zero attached hydrogens (tertiary/aromatic N) is 3. The maximum Gasteiger partial charge on any atom is 0.322 e. The highest BCUT2D eigenvalue weighted by Crippen LogP contribution is 2.33. The number of benzene rings is 1. The van der Waals surface area contributed by atoms with E-state index in [1.165, 1.54) is 7.11 Å². The topological polar surface area (TPSA) is 81.2 Å². The van der Waals surface area contributed by atoms with Crippen LogP contribution in [0, 0.1) is 0 Å². The SMILES string of the molecule is CNc1nc(NC2COc3ccccc32)nc(OC)n1. The van der Waals surface area contributed by atoms with Crippen LogP contribution in [0.2, 0.25) is 0 Å². The fourth-order valence-electron chi connectivity index (χ4n) is 2.06. The summed E-state index contributed by atoms with van der Waals surface area (Å²) in [7, 11) is 3.26. The molecule has 0 fully saturated rings. The maximum absolute atomic E-state index is 5.62. The van der Waals surface area contributed by atoms with E-state index in [0.29, 0.717) is 18.5 Å². The molecule has 20 heavy (non-hydrogen) atoms. The lowest BCUT2D eigenvalue weighted by Crippen LogP contribution is -2.15. The van der Waals surface area contributed by atoms with Gasteiger partial charge in [0.15, 0.2) is 0 Å². The van der Waals surface area contributed by atoms with Crippen LogP contribution in [0.5, 0.6) is 11.8 Å². The summed E-state index contributed by atoms with van der Waals surface area (Å²) in [5.74, 6) is 1.79. The third-order valence-corrected chi connectivity index (χ3v) is 3.02. The van der Waals surface area contributed by atoms with E-state index in [9.17, 15) is 0 Å². The third-order valence-electron chi connectivity index (χ3n) is 3.02. The lowest BCUT2D eigenvalue weighted by atomic mass is 10.1. The van der Waals surface area contributed by atoms with Crippen molar-refractivity contribution in [3.63, 3.8) is 0 Å². The van der Waals surface area contributed by atoms with Crippen LogP contribution >= 0.6 is 0 Å². The minimum atomic E-state index is 0.0167. The van der Waals surface area contributed by atoms with Crippen LogP contribution in [0.3, 0.4) is 0 Å². The second-order valence-electron chi connectivity index (χ2n) is 4.27. The van der Waals surface area contributed by atoms with Crippen molar-refractivity contribution in [3.8, 4) is 11.8 Å². The molecule has 1 unspecified atom stereocenters. The smallest absolute Gasteiger partial charge is 0.322 e. The molecule has 1 aliphatic rings. The summed E-state index contributed by atoms with van der Waals surface area (Å²) in [4.78, 5) is 12.5. The fraction of sp³-hybridized carbons (Fsp3) is 0.308. The zero-order valence-electron chi connectivity index (χ0n) is 11.3. The van der Waals surface area contributed by atoms with E-state index >= 15 is 0 Å². The molecule has 0 aliphatic carbocycles. The first-order valence-electron chi connectivity index (χ1n) is 6.26. The summed E-state index contributed by atoms with van der Waals surface area (Å²) in [6.45, 7) is 0.544. The summed E-state index contributed by atoms with van der Waals surface area (Å²) in [6.07, 6.45) is 0. The first-order valence-corrected chi connectivity index (χ1v) is 6.26. The van der Waals surface area contributed by atoms with E-state index in [-0.39, 0.29) is 12.1 Å². The zero-order valence-corrected chi connectivity index (χ0v) is 11.3. The molecule has 0 spiro atoms. The normalized spacial score (nSPS) is 16.2. The molecular weight excluding hydrogens is 258 g/mol. The summed E-state index contributed by atoms with van der Waals surface area (Å²) in [5, 5.41) is 6.11. The van der Waals surface area contributed by atoms with Gasteiger partial charge in [0.1, 0.15) is 12.4 Å². The van der Waals surface area contributed by atoms with Crippen LogP contribution < -0.4 is 20.1 Å².